The molecule has 0 radical (unpaired) electrons. The van der Waals surface area contributed by atoms with Crippen LogP contribution in [0, 0.1) is 5.92 Å². The fraction of sp³-hybridized carbons (Fsp3) is 0.477. The number of aryl methyl sites for hydroxylation is 2. The molecule has 2 fully saturated rings. The summed E-state index contributed by atoms with van der Waals surface area (Å²) in [5.74, 6) is -1.21. The first-order valence-electron chi connectivity index (χ1n) is 20.8. The second-order valence-corrected chi connectivity index (χ2v) is 20.5. The smallest absolute Gasteiger partial charge is 0.265 e. The number of unbranched alkanes of at least 4 members (excludes halogenated alkanes) is 1. The number of hydrogen-bond acceptors (Lipinski definition) is 13. The number of piperidine rings is 1. The quantitative estimate of drug-likeness (QED) is 0.0823. The minimum atomic E-state index is -4.04. The summed E-state index contributed by atoms with van der Waals surface area (Å²) in [6.07, 6.45) is 10.6. The van der Waals surface area contributed by atoms with Gasteiger partial charge in [-0.1, -0.05) is 64.4 Å². The summed E-state index contributed by atoms with van der Waals surface area (Å²) in [6, 6.07) is 16.7. The summed E-state index contributed by atoms with van der Waals surface area (Å²) in [5, 5.41) is 18.4. The molecule has 4 heterocycles. The lowest BCUT2D eigenvalue weighted by molar-refractivity contribution is -0.134. The monoisotopic (exact) mass is 878 g/mol. The fourth-order valence-corrected chi connectivity index (χ4v) is 11.5. The van der Waals surface area contributed by atoms with E-state index in [1.807, 2.05) is 25.3 Å². The zero-order valence-electron chi connectivity index (χ0n) is 35.3. The molecule has 2 aliphatic rings. The third-order valence-electron chi connectivity index (χ3n) is 11.7. The molecule has 0 spiro atoms. The number of sulfone groups is 2. The fourth-order valence-electron chi connectivity index (χ4n) is 7.63. The van der Waals surface area contributed by atoms with Crippen molar-refractivity contribution in [1.29, 1.82) is 0 Å². The Kier molecular flexibility index (Phi) is 16.3. The van der Waals surface area contributed by atoms with Gasteiger partial charge in [0.1, 0.15) is 0 Å². The highest BCUT2D eigenvalue weighted by Crippen LogP contribution is 2.38. The van der Waals surface area contributed by atoms with Gasteiger partial charge in [-0.25, -0.2) is 27.8 Å². The minimum Gasteiger partial charge on any atom is -0.381 e. The van der Waals surface area contributed by atoms with Gasteiger partial charge in [-0.2, -0.15) is 0 Å². The maximum Gasteiger partial charge on any atom is 0.265 e. The van der Waals surface area contributed by atoms with Crippen molar-refractivity contribution in [2.24, 2.45) is 5.92 Å². The van der Waals surface area contributed by atoms with Crippen LogP contribution in [0.4, 0.5) is 0 Å². The maximum atomic E-state index is 13.5. The van der Waals surface area contributed by atoms with E-state index in [-0.39, 0.29) is 48.7 Å². The molecule has 6 rings (SSSR count). The summed E-state index contributed by atoms with van der Waals surface area (Å²) < 4.78 is 55.3. The topological polar surface area (TPSA) is 218 Å². The van der Waals surface area contributed by atoms with E-state index >= 15 is 0 Å². The zero-order valence-corrected chi connectivity index (χ0v) is 37.0. The number of nitrogens with one attached hydrogen (secondary N) is 2. The highest BCUT2D eigenvalue weighted by molar-refractivity contribution is 7.94. The van der Waals surface area contributed by atoms with Gasteiger partial charge in [-0.3, -0.25) is 35.0 Å². The van der Waals surface area contributed by atoms with Crippen LogP contribution in [0.1, 0.15) is 83.9 Å². The third-order valence-corrected chi connectivity index (χ3v) is 16.7. The number of pyridine rings is 1. The highest BCUT2D eigenvalue weighted by atomic mass is 32.2. The lowest BCUT2D eigenvalue weighted by Gasteiger charge is -2.39. The first-order valence-corrected chi connectivity index (χ1v) is 23.8. The summed E-state index contributed by atoms with van der Waals surface area (Å²) in [7, 11) is -8.05. The Morgan fingerprint density at radius 3 is 1.67 bits per heavy atom. The van der Waals surface area contributed by atoms with E-state index in [1.165, 1.54) is 35.3 Å². The summed E-state index contributed by atoms with van der Waals surface area (Å²) in [6.45, 7) is 10.5. The van der Waals surface area contributed by atoms with Crippen LogP contribution >= 0.6 is 0 Å². The van der Waals surface area contributed by atoms with Crippen molar-refractivity contribution < 1.29 is 41.6 Å². The predicted molar refractivity (Wildman–Crippen MR) is 230 cm³/mol. The van der Waals surface area contributed by atoms with Crippen LogP contribution in [0.15, 0.2) is 89.0 Å². The Bertz CT molecular complexity index is 2280. The average molecular weight is 879 g/mol. The van der Waals surface area contributed by atoms with E-state index in [0.29, 0.717) is 24.7 Å². The van der Waals surface area contributed by atoms with E-state index in [0.717, 1.165) is 61.2 Å². The van der Waals surface area contributed by atoms with E-state index < -0.39 is 41.0 Å². The van der Waals surface area contributed by atoms with Crippen LogP contribution in [-0.2, 0) is 46.8 Å². The first-order chi connectivity index (χ1) is 29.2. The number of ether oxygens (including phenoxy) is 1. The molecule has 2 aromatic heterocycles. The molecule has 0 bridgehead atoms. The molecule has 2 aliphatic heterocycles. The lowest BCUT2D eigenvalue weighted by atomic mass is 9.95. The SMILES string of the molecule is CC(C)CCc1cnc(-c2ccc(S(=O)(=O)C3(C(=O)NO)CCOCC3)cc2)cn1.CCCCc1ccc(-c2ccc(S(=O)(=O)C3(C(=O)NO)CCN(CC)CC3)cc2)nc1. The molecule has 2 amide bonds. The largest absolute Gasteiger partial charge is 0.381 e. The van der Waals surface area contributed by atoms with Gasteiger partial charge >= 0.3 is 0 Å². The normalized spacial score (nSPS) is 16.6. The molecule has 2 saturated heterocycles. The van der Waals surface area contributed by atoms with Crippen molar-refractivity contribution in [2.75, 3.05) is 32.8 Å². The van der Waals surface area contributed by atoms with Crippen LogP contribution in [-0.4, -0.2) is 101 Å². The number of benzene rings is 2. The number of carbonyl (C=O) groups excluding carboxylic acids is 2. The van der Waals surface area contributed by atoms with E-state index in [4.69, 9.17) is 9.94 Å². The molecular weight excluding hydrogens is 821 g/mol. The third kappa shape index (κ3) is 10.5. The van der Waals surface area contributed by atoms with Crippen LogP contribution in [0.3, 0.4) is 0 Å². The molecule has 61 heavy (non-hydrogen) atoms. The molecule has 17 heteroatoms. The van der Waals surface area contributed by atoms with Gasteiger partial charge < -0.3 is 9.64 Å². The van der Waals surface area contributed by atoms with Crippen molar-refractivity contribution in [2.45, 2.75) is 105 Å². The molecule has 4 aromatic rings. The number of rotatable bonds is 15. The van der Waals surface area contributed by atoms with Crippen molar-refractivity contribution in [3.8, 4) is 22.5 Å². The van der Waals surface area contributed by atoms with Crippen molar-refractivity contribution >= 4 is 31.5 Å². The number of amides is 2. The molecule has 15 nitrogen and oxygen atoms in total. The lowest BCUT2D eigenvalue weighted by Crippen LogP contribution is -2.57. The van der Waals surface area contributed by atoms with Gasteiger partial charge in [-0.15, -0.1) is 0 Å². The van der Waals surface area contributed by atoms with Gasteiger partial charge in [-0.05, 0) is 99.7 Å². The summed E-state index contributed by atoms with van der Waals surface area (Å²) in [4.78, 5) is 40.4. The highest BCUT2D eigenvalue weighted by Gasteiger charge is 2.53. The molecule has 0 atom stereocenters. The van der Waals surface area contributed by atoms with Gasteiger partial charge in [0.25, 0.3) is 11.8 Å². The van der Waals surface area contributed by atoms with Crippen LogP contribution in [0.5, 0.6) is 0 Å². The Morgan fingerprint density at radius 1 is 0.705 bits per heavy atom. The van der Waals surface area contributed by atoms with Crippen LogP contribution in [0.25, 0.3) is 22.5 Å². The minimum absolute atomic E-state index is 0.0123. The number of aromatic nitrogens is 3. The van der Waals surface area contributed by atoms with Gasteiger partial charge in [0, 0.05) is 49.8 Å². The molecule has 330 valence electrons. The Labute approximate surface area is 359 Å². The number of carbonyl (C=O) groups is 2. The van der Waals surface area contributed by atoms with Crippen LogP contribution < -0.4 is 11.0 Å². The van der Waals surface area contributed by atoms with E-state index in [1.54, 1.807) is 42.1 Å². The maximum absolute atomic E-state index is 13.5. The van der Waals surface area contributed by atoms with Gasteiger partial charge in [0.15, 0.2) is 29.2 Å². The molecule has 4 N–H and O–H groups in total. The first kappa shape index (κ1) is 47.4. The summed E-state index contributed by atoms with van der Waals surface area (Å²) >= 11 is 0. The molecule has 0 saturated carbocycles. The van der Waals surface area contributed by atoms with Gasteiger partial charge in [0.2, 0.25) is 0 Å². The number of nitrogens with zero attached hydrogens (tertiary/aromatic N) is 4. The summed E-state index contributed by atoms with van der Waals surface area (Å²) in [5.41, 5.74) is 8.16. The second-order valence-electron chi connectivity index (χ2n) is 16.0. The average Bonchev–Trinajstić information content (AvgIpc) is 3.30. The van der Waals surface area contributed by atoms with Crippen molar-refractivity contribution in [1.82, 2.24) is 30.8 Å². The molecule has 0 aliphatic carbocycles. The van der Waals surface area contributed by atoms with Crippen LogP contribution in [0.2, 0.25) is 0 Å². The molecular formula is C44H58N6O9S2. The number of hydrogen-bond donors (Lipinski definition) is 4. The van der Waals surface area contributed by atoms with Crippen molar-refractivity contribution in [3.05, 3.63) is 90.5 Å². The van der Waals surface area contributed by atoms with Gasteiger partial charge in [0.05, 0.1) is 33.1 Å². The number of likely N-dealkylation sites (tertiary alicyclic amines) is 1. The second kappa shape index (κ2) is 20.9. The predicted octanol–water partition coefficient (Wildman–Crippen LogP) is 5.79. The zero-order chi connectivity index (χ0) is 44.3. The molecule has 2 aromatic carbocycles. The Morgan fingerprint density at radius 2 is 1.23 bits per heavy atom. The van der Waals surface area contributed by atoms with E-state index in [9.17, 15) is 31.6 Å². The molecule has 0 unspecified atom stereocenters. The standard InChI is InChI=1S/C23H31N3O4S.C21H27N3O5S/c1-3-5-6-18-7-12-21(24-17-18)19-8-10-20(11-9-19)31(29,30)23(22(27)25-28)13-15-26(4-2)16-14-23;1-15(2)3-6-17-13-23-19(14-22-17)16-4-7-18(8-5-16)30(27,28)21(20(25)24-26)9-11-29-12-10-21/h7-12,17,28H,3-6,13-16H2,1-2H3,(H,25,27);4-5,7-8,13-15,26H,3,6,9-12H2,1-2H3,(H,24,25). The Hall–Kier alpha value is -4.65. The van der Waals surface area contributed by atoms with E-state index in [2.05, 4.69) is 40.6 Å². The van der Waals surface area contributed by atoms with Crippen molar-refractivity contribution in [3.63, 3.8) is 0 Å². The number of hydroxylamine groups is 2. The Balaban J connectivity index is 0.000000231.